The summed E-state index contributed by atoms with van der Waals surface area (Å²) >= 11 is 5.79. The number of carbonyl (C=O) groups excluding carboxylic acids is 1. The number of para-hydroxylation sites is 1. The molecule has 25 heavy (non-hydrogen) atoms. The van der Waals surface area contributed by atoms with Crippen LogP contribution >= 0.6 is 11.6 Å². The zero-order valence-corrected chi connectivity index (χ0v) is 14.1. The van der Waals surface area contributed by atoms with Crippen LogP contribution in [0.15, 0.2) is 60.8 Å². The highest BCUT2D eigenvalue weighted by Crippen LogP contribution is 2.24. The number of benzene rings is 2. The van der Waals surface area contributed by atoms with Gasteiger partial charge in [-0.2, -0.15) is 0 Å². The average Bonchev–Trinajstić information content (AvgIpc) is 2.60. The van der Waals surface area contributed by atoms with Crippen molar-refractivity contribution in [1.29, 1.82) is 0 Å². The van der Waals surface area contributed by atoms with E-state index in [0.717, 1.165) is 11.3 Å². The number of anilines is 3. The molecule has 126 valence electrons. The lowest BCUT2D eigenvalue weighted by Gasteiger charge is -2.12. The largest absolute Gasteiger partial charge is 0.340 e. The summed E-state index contributed by atoms with van der Waals surface area (Å²) in [7, 11) is 0. The predicted molar refractivity (Wildman–Crippen MR) is 98.1 cm³/mol. The zero-order valence-electron chi connectivity index (χ0n) is 13.4. The molecule has 4 nitrogen and oxygen atoms in total. The summed E-state index contributed by atoms with van der Waals surface area (Å²) in [6.45, 7) is 1.92. The zero-order chi connectivity index (χ0) is 17.8. The maximum atomic E-state index is 13.3. The van der Waals surface area contributed by atoms with E-state index in [9.17, 15) is 9.18 Å². The molecule has 1 heterocycles. The van der Waals surface area contributed by atoms with Crippen LogP contribution in [0.25, 0.3) is 0 Å². The molecule has 0 atom stereocenters. The Morgan fingerprint density at radius 2 is 1.92 bits per heavy atom. The van der Waals surface area contributed by atoms with Gasteiger partial charge in [0.2, 0.25) is 0 Å². The van der Waals surface area contributed by atoms with Gasteiger partial charge in [-0.3, -0.25) is 4.79 Å². The van der Waals surface area contributed by atoms with Gasteiger partial charge in [0, 0.05) is 17.6 Å². The molecule has 6 heteroatoms. The Hall–Kier alpha value is -2.92. The molecule has 1 aromatic heterocycles. The number of rotatable bonds is 4. The van der Waals surface area contributed by atoms with Crippen molar-refractivity contribution in [2.24, 2.45) is 0 Å². The Morgan fingerprint density at radius 3 is 2.68 bits per heavy atom. The quantitative estimate of drug-likeness (QED) is 0.678. The summed E-state index contributed by atoms with van der Waals surface area (Å²) in [5, 5.41) is 5.86. The number of aromatic nitrogens is 1. The van der Waals surface area contributed by atoms with E-state index in [0.29, 0.717) is 17.1 Å². The van der Waals surface area contributed by atoms with Gasteiger partial charge >= 0.3 is 0 Å². The molecule has 0 unspecified atom stereocenters. The highest BCUT2D eigenvalue weighted by Gasteiger charge is 2.14. The molecule has 3 aromatic rings. The van der Waals surface area contributed by atoms with E-state index in [1.165, 1.54) is 18.2 Å². The standard InChI is InChI=1S/C19H15ClFN3O/c1-12-5-2-3-7-17(12)24-19(25)14-6-4-10-22-18(14)23-13-8-9-16(21)15(20)11-13/h2-11H,1H3,(H,22,23)(H,24,25). The molecule has 2 aromatic carbocycles. The van der Waals surface area contributed by atoms with Gasteiger partial charge in [0.25, 0.3) is 5.91 Å². The molecule has 0 spiro atoms. The maximum Gasteiger partial charge on any atom is 0.259 e. The van der Waals surface area contributed by atoms with E-state index in [2.05, 4.69) is 15.6 Å². The maximum absolute atomic E-state index is 13.3. The van der Waals surface area contributed by atoms with Crippen molar-refractivity contribution < 1.29 is 9.18 Å². The van der Waals surface area contributed by atoms with Gasteiger partial charge in [-0.05, 0) is 48.9 Å². The van der Waals surface area contributed by atoms with Gasteiger partial charge in [0.15, 0.2) is 0 Å². The lowest BCUT2D eigenvalue weighted by Crippen LogP contribution is -2.15. The summed E-state index contributed by atoms with van der Waals surface area (Å²) in [5.41, 5.74) is 2.59. The summed E-state index contributed by atoms with van der Waals surface area (Å²) in [4.78, 5) is 16.8. The van der Waals surface area contributed by atoms with Crippen LogP contribution < -0.4 is 10.6 Å². The van der Waals surface area contributed by atoms with Gasteiger partial charge in [-0.1, -0.05) is 29.8 Å². The van der Waals surface area contributed by atoms with Crippen molar-refractivity contribution in [3.05, 3.63) is 82.8 Å². The third-order valence-electron chi connectivity index (χ3n) is 3.63. The average molecular weight is 356 g/mol. The third-order valence-corrected chi connectivity index (χ3v) is 3.92. The molecule has 0 radical (unpaired) electrons. The smallest absolute Gasteiger partial charge is 0.259 e. The Labute approximate surface area is 149 Å². The number of aryl methyl sites for hydroxylation is 1. The summed E-state index contributed by atoms with van der Waals surface area (Å²) in [6, 6.07) is 15.1. The molecule has 0 fully saturated rings. The van der Waals surface area contributed by atoms with Crippen LogP contribution in [0.5, 0.6) is 0 Å². The molecule has 2 N–H and O–H groups in total. The number of carbonyl (C=O) groups is 1. The van der Waals surface area contributed by atoms with Crippen LogP contribution in [0.4, 0.5) is 21.6 Å². The number of pyridine rings is 1. The molecule has 3 rings (SSSR count). The number of hydrogen-bond acceptors (Lipinski definition) is 3. The van der Waals surface area contributed by atoms with Gasteiger partial charge in [-0.15, -0.1) is 0 Å². The van der Waals surface area contributed by atoms with Crippen LogP contribution in [0, 0.1) is 12.7 Å². The van der Waals surface area contributed by atoms with Gasteiger partial charge in [0.05, 0.1) is 10.6 Å². The number of nitrogens with one attached hydrogen (secondary N) is 2. The Balaban J connectivity index is 1.86. The molecule has 0 bridgehead atoms. The summed E-state index contributed by atoms with van der Waals surface area (Å²) < 4.78 is 13.3. The van der Waals surface area contributed by atoms with E-state index in [1.807, 2.05) is 31.2 Å². The molecule has 0 aliphatic carbocycles. The fourth-order valence-electron chi connectivity index (χ4n) is 2.30. The lowest BCUT2D eigenvalue weighted by atomic mass is 10.1. The first-order valence-electron chi connectivity index (χ1n) is 7.58. The first-order valence-corrected chi connectivity index (χ1v) is 7.96. The molecular formula is C19H15ClFN3O. The van der Waals surface area contributed by atoms with Gasteiger partial charge < -0.3 is 10.6 Å². The van der Waals surface area contributed by atoms with E-state index in [4.69, 9.17) is 11.6 Å². The molecule has 0 saturated heterocycles. The molecule has 1 amide bonds. The van der Waals surface area contributed by atoms with Crippen molar-refractivity contribution in [1.82, 2.24) is 4.98 Å². The number of hydrogen-bond donors (Lipinski definition) is 2. The van der Waals surface area contributed by atoms with Crippen LogP contribution in [-0.2, 0) is 0 Å². The van der Waals surface area contributed by atoms with E-state index in [1.54, 1.807) is 18.3 Å². The number of nitrogens with zero attached hydrogens (tertiary/aromatic N) is 1. The second-order valence-corrected chi connectivity index (χ2v) is 5.83. The second kappa shape index (κ2) is 7.32. The van der Waals surface area contributed by atoms with Crippen molar-refractivity contribution in [2.45, 2.75) is 6.92 Å². The fraction of sp³-hybridized carbons (Fsp3) is 0.0526. The minimum Gasteiger partial charge on any atom is -0.340 e. The van der Waals surface area contributed by atoms with Crippen LogP contribution in [0.2, 0.25) is 5.02 Å². The van der Waals surface area contributed by atoms with E-state index < -0.39 is 5.82 Å². The minimum absolute atomic E-state index is 0.00755. The molecule has 0 aliphatic rings. The highest BCUT2D eigenvalue weighted by molar-refractivity contribution is 6.31. The normalized spacial score (nSPS) is 10.4. The topological polar surface area (TPSA) is 54.0 Å². The van der Waals surface area contributed by atoms with Crippen LogP contribution in [-0.4, -0.2) is 10.9 Å². The van der Waals surface area contributed by atoms with Crippen molar-refractivity contribution >= 4 is 34.7 Å². The first-order chi connectivity index (χ1) is 12.0. The van der Waals surface area contributed by atoms with E-state index in [-0.39, 0.29) is 10.9 Å². The number of amides is 1. The Bertz CT molecular complexity index is 930. The van der Waals surface area contributed by atoms with Gasteiger partial charge in [-0.25, -0.2) is 9.37 Å². The summed E-state index contributed by atoms with van der Waals surface area (Å²) in [5.74, 6) is -0.444. The molecule has 0 aliphatic heterocycles. The first kappa shape index (κ1) is 16.9. The highest BCUT2D eigenvalue weighted by atomic mass is 35.5. The van der Waals surface area contributed by atoms with Crippen LogP contribution in [0.1, 0.15) is 15.9 Å². The Morgan fingerprint density at radius 1 is 1.12 bits per heavy atom. The van der Waals surface area contributed by atoms with Crippen LogP contribution in [0.3, 0.4) is 0 Å². The lowest BCUT2D eigenvalue weighted by molar-refractivity contribution is 0.102. The minimum atomic E-state index is -0.509. The van der Waals surface area contributed by atoms with Crippen molar-refractivity contribution in [3.8, 4) is 0 Å². The molecule has 0 saturated carbocycles. The van der Waals surface area contributed by atoms with E-state index >= 15 is 0 Å². The monoisotopic (exact) mass is 355 g/mol. The SMILES string of the molecule is Cc1ccccc1NC(=O)c1cccnc1Nc1ccc(F)c(Cl)c1. The fourth-order valence-corrected chi connectivity index (χ4v) is 2.48. The van der Waals surface area contributed by atoms with Gasteiger partial charge in [0.1, 0.15) is 11.6 Å². The summed E-state index contributed by atoms with van der Waals surface area (Å²) in [6.07, 6.45) is 1.57. The van der Waals surface area contributed by atoms with Crippen molar-refractivity contribution in [2.75, 3.05) is 10.6 Å². The van der Waals surface area contributed by atoms with Crippen molar-refractivity contribution in [3.63, 3.8) is 0 Å². The third kappa shape index (κ3) is 3.95. The molecular weight excluding hydrogens is 341 g/mol. The predicted octanol–water partition coefficient (Wildman–Crippen LogP) is 5.18. The Kier molecular flexibility index (Phi) is 4.95. The second-order valence-electron chi connectivity index (χ2n) is 5.42. The number of halogens is 2.